The second kappa shape index (κ2) is 3.86. The van der Waals surface area contributed by atoms with Crippen LogP contribution in [0.25, 0.3) is 0 Å². The highest BCUT2D eigenvalue weighted by Crippen LogP contribution is 2.69. The summed E-state index contributed by atoms with van der Waals surface area (Å²) in [6.07, 6.45) is 12.1. The van der Waals surface area contributed by atoms with Crippen LogP contribution in [0.15, 0.2) is 0 Å². The smallest absolute Gasteiger partial charge is 0.139 e. The van der Waals surface area contributed by atoms with E-state index in [9.17, 15) is 4.79 Å². The molecule has 0 radical (unpaired) electrons. The lowest BCUT2D eigenvalue weighted by Gasteiger charge is -2.65. The van der Waals surface area contributed by atoms with Gasteiger partial charge in [-0.15, -0.1) is 0 Å². The van der Waals surface area contributed by atoms with Crippen molar-refractivity contribution in [2.45, 2.75) is 71.6 Å². The van der Waals surface area contributed by atoms with E-state index in [1.807, 2.05) is 0 Å². The van der Waals surface area contributed by atoms with Crippen molar-refractivity contribution in [3.8, 4) is 0 Å². The minimum Gasteiger partial charge on any atom is -0.299 e. The first-order valence-electron chi connectivity index (χ1n) is 8.65. The van der Waals surface area contributed by atoms with Crippen molar-refractivity contribution >= 4 is 5.78 Å². The maximum atomic E-state index is 12.3. The topological polar surface area (TPSA) is 17.1 Å². The fraction of sp³-hybridized carbons (Fsp3) is 0.944. The van der Waals surface area contributed by atoms with Crippen LogP contribution in [0.3, 0.4) is 0 Å². The van der Waals surface area contributed by atoms with E-state index in [1.165, 1.54) is 38.5 Å². The van der Waals surface area contributed by atoms with Crippen LogP contribution >= 0.6 is 0 Å². The highest BCUT2D eigenvalue weighted by Gasteiger charge is 2.64. The summed E-state index contributed by atoms with van der Waals surface area (Å²) < 4.78 is 0. The average molecular weight is 260 g/mol. The monoisotopic (exact) mass is 260 g/mol. The lowest BCUT2D eigenvalue weighted by atomic mass is 9.38. The zero-order chi connectivity index (χ0) is 13.3. The van der Waals surface area contributed by atoms with Gasteiger partial charge in [-0.1, -0.05) is 13.8 Å². The van der Waals surface area contributed by atoms with Crippen molar-refractivity contribution in [1.82, 2.24) is 0 Å². The van der Waals surface area contributed by atoms with Gasteiger partial charge in [0, 0.05) is 11.8 Å². The van der Waals surface area contributed by atoms with Crippen molar-refractivity contribution in [1.29, 1.82) is 0 Å². The fourth-order valence-corrected chi connectivity index (χ4v) is 7.19. The quantitative estimate of drug-likeness (QED) is 0.725. The van der Waals surface area contributed by atoms with Gasteiger partial charge in [-0.3, -0.25) is 4.79 Å². The standard InChI is InChI=1S/C18H28O/c1-3-18(4-2)15(8-16(18)19)17-9-12-5-13(10-17)7-14(6-12)11-17/h12-15H,3-11H2,1-2H3. The van der Waals surface area contributed by atoms with Crippen LogP contribution < -0.4 is 0 Å². The van der Waals surface area contributed by atoms with Crippen molar-refractivity contribution in [3.05, 3.63) is 0 Å². The lowest BCUT2D eigenvalue weighted by Crippen LogP contribution is -2.61. The van der Waals surface area contributed by atoms with E-state index in [-0.39, 0.29) is 5.41 Å². The van der Waals surface area contributed by atoms with Crippen LogP contribution in [-0.4, -0.2) is 5.78 Å². The maximum absolute atomic E-state index is 12.3. The van der Waals surface area contributed by atoms with Gasteiger partial charge >= 0.3 is 0 Å². The van der Waals surface area contributed by atoms with Crippen molar-refractivity contribution < 1.29 is 4.79 Å². The molecule has 0 N–H and O–H groups in total. The molecule has 0 heterocycles. The molecule has 1 nitrogen and oxygen atoms in total. The Balaban J connectivity index is 1.67. The Morgan fingerprint density at radius 2 is 1.42 bits per heavy atom. The normalized spacial score (nSPS) is 50.3. The maximum Gasteiger partial charge on any atom is 0.139 e. The molecule has 1 heteroatoms. The largest absolute Gasteiger partial charge is 0.299 e. The first kappa shape index (κ1) is 12.4. The Morgan fingerprint density at radius 3 is 1.79 bits per heavy atom. The van der Waals surface area contributed by atoms with Gasteiger partial charge in [0.2, 0.25) is 0 Å². The molecule has 0 amide bonds. The molecule has 0 saturated heterocycles. The summed E-state index contributed by atoms with van der Waals surface area (Å²) >= 11 is 0. The van der Waals surface area contributed by atoms with Crippen molar-refractivity contribution in [2.75, 3.05) is 0 Å². The molecule has 0 aromatic heterocycles. The van der Waals surface area contributed by atoms with E-state index in [0.717, 1.165) is 42.9 Å². The summed E-state index contributed by atoms with van der Waals surface area (Å²) in [7, 11) is 0. The van der Waals surface area contributed by atoms with Crippen LogP contribution in [0, 0.1) is 34.5 Å². The van der Waals surface area contributed by atoms with Crippen molar-refractivity contribution in [2.24, 2.45) is 34.5 Å². The molecule has 19 heavy (non-hydrogen) atoms. The summed E-state index contributed by atoms with van der Waals surface area (Å²) in [5.74, 6) is 4.41. The van der Waals surface area contributed by atoms with Gasteiger partial charge in [-0.25, -0.2) is 0 Å². The molecular formula is C18H28O. The molecule has 5 rings (SSSR count). The molecular weight excluding hydrogens is 232 g/mol. The number of hydrogen-bond donors (Lipinski definition) is 0. The van der Waals surface area contributed by atoms with Crippen LogP contribution in [-0.2, 0) is 4.79 Å². The predicted molar refractivity (Wildman–Crippen MR) is 76.7 cm³/mol. The van der Waals surface area contributed by atoms with E-state index in [0.29, 0.717) is 11.2 Å². The summed E-state index contributed by atoms with van der Waals surface area (Å²) in [4.78, 5) is 12.3. The third kappa shape index (κ3) is 1.45. The fourth-order valence-electron chi connectivity index (χ4n) is 7.19. The SMILES string of the molecule is CCC1(CC)C(=O)CC1C12CC3CC(CC(C3)C1)C2. The number of carbonyl (C=O) groups excluding carboxylic acids is 1. The molecule has 5 aliphatic carbocycles. The first-order valence-corrected chi connectivity index (χ1v) is 8.65. The molecule has 1 atom stereocenters. The summed E-state index contributed by atoms with van der Waals surface area (Å²) in [5.41, 5.74) is 0.681. The third-order valence-electron chi connectivity index (χ3n) is 7.70. The zero-order valence-corrected chi connectivity index (χ0v) is 12.6. The Kier molecular flexibility index (Phi) is 2.52. The highest BCUT2D eigenvalue weighted by atomic mass is 16.1. The molecule has 5 aliphatic rings. The van der Waals surface area contributed by atoms with Crippen LogP contribution in [0.2, 0.25) is 0 Å². The Bertz CT molecular complexity index is 369. The first-order chi connectivity index (χ1) is 9.12. The van der Waals surface area contributed by atoms with Gasteiger partial charge in [-0.05, 0) is 80.5 Å². The Morgan fingerprint density at radius 1 is 0.947 bits per heavy atom. The van der Waals surface area contributed by atoms with Gasteiger partial charge in [0.15, 0.2) is 0 Å². The second-order valence-electron chi connectivity index (χ2n) is 8.32. The lowest BCUT2D eigenvalue weighted by molar-refractivity contribution is -0.180. The predicted octanol–water partition coefficient (Wildman–Crippen LogP) is 4.60. The van der Waals surface area contributed by atoms with E-state index in [4.69, 9.17) is 0 Å². The Labute approximate surface area is 117 Å². The van der Waals surface area contributed by atoms with Crippen LogP contribution in [0.1, 0.15) is 71.6 Å². The molecule has 0 spiro atoms. The molecule has 0 aliphatic heterocycles. The van der Waals surface area contributed by atoms with Crippen molar-refractivity contribution in [3.63, 3.8) is 0 Å². The molecule has 4 bridgehead atoms. The van der Waals surface area contributed by atoms with Gasteiger partial charge in [0.25, 0.3) is 0 Å². The molecule has 0 aromatic rings. The number of Topliss-reactive ketones (excluding diaryl/α,β-unsaturated/α-hetero) is 1. The summed E-state index contributed by atoms with van der Waals surface area (Å²) in [6.45, 7) is 4.52. The Hall–Kier alpha value is -0.330. The average Bonchev–Trinajstić information content (AvgIpc) is 2.36. The van der Waals surface area contributed by atoms with E-state index >= 15 is 0 Å². The summed E-state index contributed by atoms with van der Waals surface area (Å²) in [5, 5.41) is 0. The number of carbonyl (C=O) groups is 1. The van der Waals surface area contributed by atoms with Crippen LogP contribution in [0.5, 0.6) is 0 Å². The van der Waals surface area contributed by atoms with Gasteiger partial charge < -0.3 is 0 Å². The number of rotatable bonds is 3. The van der Waals surface area contributed by atoms with Gasteiger partial charge in [0.1, 0.15) is 5.78 Å². The van der Waals surface area contributed by atoms with E-state index in [1.54, 1.807) is 0 Å². The van der Waals surface area contributed by atoms with E-state index in [2.05, 4.69) is 13.8 Å². The third-order valence-corrected chi connectivity index (χ3v) is 7.70. The number of hydrogen-bond acceptors (Lipinski definition) is 1. The van der Waals surface area contributed by atoms with Gasteiger partial charge in [-0.2, -0.15) is 0 Å². The minimum absolute atomic E-state index is 0.0890. The van der Waals surface area contributed by atoms with Gasteiger partial charge in [0.05, 0.1) is 0 Å². The molecule has 0 aromatic carbocycles. The molecule has 106 valence electrons. The minimum atomic E-state index is 0.0890. The van der Waals surface area contributed by atoms with E-state index < -0.39 is 0 Å². The molecule has 5 saturated carbocycles. The molecule has 1 unspecified atom stereocenters. The molecule has 5 fully saturated rings. The van der Waals surface area contributed by atoms with Crippen LogP contribution in [0.4, 0.5) is 0 Å². The number of ketones is 1. The second-order valence-corrected chi connectivity index (χ2v) is 8.32. The highest BCUT2D eigenvalue weighted by molar-refractivity contribution is 5.91. The zero-order valence-electron chi connectivity index (χ0n) is 12.6. The summed E-state index contributed by atoms with van der Waals surface area (Å²) in [6, 6.07) is 0.